The van der Waals surface area contributed by atoms with Gasteiger partial charge in [-0.05, 0) is 18.6 Å². The second-order valence-corrected chi connectivity index (χ2v) is 7.08. The highest BCUT2D eigenvalue weighted by molar-refractivity contribution is 5.97. The molecule has 2 aromatic rings. The maximum atomic E-state index is 14.8. The highest BCUT2D eigenvalue weighted by Gasteiger charge is 2.40. The number of carbonyl (C=O) groups is 2. The number of hydrogen-bond donors (Lipinski definition) is 4. The lowest BCUT2D eigenvalue weighted by molar-refractivity contribution is -0.126. The van der Waals surface area contributed by atoms with Gasteiger partial charge in [0, 0.05) is 37.4 Å². The highest BCUT2D eigenvalue weighted by Crippen LogP contribution is 2.27. The van der Waals surface area contributed by atoms with Crippen LogP contribution in [0.2, 0.25) is 0 Å². The van der Waals surface area contributed by atoms with E-state index in [0.29, 0.717) is 37.2 Å². The minimum absolute atomic E-state index is 0.0507. The van der Waals surface area contributed by atoms with E-state index in [4.69, 9.17) is 10.5 Å². The molecule has 2 heterocycles. The van der Waals surface area contributed by atoms with Crippen LogP contribution in [-0.4, -0.2) is 55.3 Å². The van der Waals surface area contributed by atoms with Crippen LogP contribution in [0.25, 0.3) is 11.3 Å². The molecule has 1 fully saturated rings. The standard InChI is InChI=1S/C22H23FN4O4/c1-31-10-9-25-17-12-16(23)18(27-19(17)20(24)29)15-4-2-3-14(11-15)5-6-22(13-28)7-8-26-21(22)30/h2-4,11-12,25,28H,7-10,13H2,1H3,(H2,24,29)(H,26,30). The Bertz CT molecular complexity index is 1060. The number of carbonyl (C=O) groups excluding carboxylic acids is 2. The van der Waals surface area contributed by atoms with Crippen LogP contribution in [0.5, 0.6) is 0 Å². The molecule has 2 amide bonds. The largest absolute Gasteiger partial charge is 0.394 e. The molecule has 0 bridgehead atoms. The maximum Gasteiger partial charge on any atom is 0.269 e. The first-order valence-electron chi connectivity index (χ1n) is 9.66. The van der Waals surface area contributed by atoms with E-state index in [0.717, 1.165) is 0 Å². The summed E-state index contributed by atoms with van der Waals surface area (Å²) in [4.78, 5) is 28.0. The third-order valence-electron chi connectivity index (χ3n) is 4.96. The van der Waals surface area contributed by atoms with E-state index in [1.165, 1.54) is 13.2 Å². The third-order valence-corrected chi connectivity index (χ3v) is 4.96. The Balaban J connectivity index is 1.95. The molecule has 5 N–H and O–H groups in total. The number of aliphatic hydroxyl groups excluding tert-OH is 1. The van der Waals surface area contributed by atoms with Gasteiger partial charge in [0.2, 0.25) is 5.91 Å². The van der Waals surface area contributed by atoms with E-state index < -0.39 is 17.1 Å². The fourth-order valence-corrected chi connectivity index (χ4v) is 3.22. The Morgan fingerprint density at radius 2 is 2.26 bits per heavy atom. The smallest absolute Gasteiger partial charge is 0.269 e. The van der Waals surface area contributed by atoms with Gasteiger partial charge in [0.05, 0.1) is 18.9 Å². The number of nitrogens with two attached hydrogens (primary N) is 1. The summed E-state index contributed by atoms with van der Waals surface area (Å²) in [6.07, 6.45) is 0.407. The summed E-state index contributed by atoms with van der Waals surface area (Å²) in [6, 6.07) is 7.75. The Hall–Kier alpha value is -3.48. The number of pyridine rings is 1. The molecule has 1 atom stereocenters. The molecule has 162 valence electrons. The lowest BCUT2D eigenvalue weighted by atomic mass is 9.88. The van der Waals surface area contributed by atoms with E-state index in [9.17, 15) is 19.1 Å². The topological polar surface area (TPSA) is 127 Å². The van der Waals surface area contributed by atoms with Crippen molar-refractivity contribution in [3.63, 3.8) is 0 Å². The monoisotopic (exact) mass is 426 g/mol. The number of amides is 2. The first kappa shape index (κ1) is 22.2. The molecule has 31 heavy (non-hydrogen) atoms. The molecular formula is C22H23FN4O4. The highest BCUT2D eigenvalue weighted by atomic mass is 19.1. The number of nitrogens with zero attached hydrogens (tertiary/aromatic N) is 1. The van der Waals surface area contributed by atoms with Gasteiger partial charge >= 0.3 is 0 Å². The molecule has 0 spiro atoms. The van der Waals surface area contributed by atoms with Gasteiger partial charge in [-0.3, -0.25) is 9.59 Å². The van der Waals surface area contributed by atoms with Crippen molar-refractivity contribution >= 4 is 17.5 Å². The van der Waals surface area contributed by atoms with Crippen LogP contribution in [0.3, 0.4) is 0 Å². The zero-order valence-corrected chi connectivity index (χ0v) is 17.0. The minimum Gasteiger partial charge on any atom is -0.394 e. The van der Waals surface area contributed by atoms with Gasteiger partial charge in [0.15, 0.2) is 11.5 Å². The number of hydrogen-bond acceptors (Lipinski definition) is 6. The summed E-state index contributed by atoms with van der Waals surface area (Å²) in [6.45, 7) is 0.767. The van der Waals surface area contributed by atoms with Gasteiger partial charge in [-0.2, -0.15) is 0 Å². The molecule has 0 aliphatic carbocycles. The molecule has 8 nitrogen and oxygen atoms in total. The molecule has 1 aromatic carbocycles. The van der Waals surface area contributed by atoms with Crippen LogP contribution in [0.4, 0.5) is 10.1 Å². The number of halogens is 1. The second-order valence-electron chi connectivity index (χ2n) is 7.08. The molecule has 3 rings (SSSR count). The van der Waals surface area contributed by atoms with E-state index in [1.54, 1.807) is 24.3 Å². The number of nitrogens with one attached hydrogen (secondary N) is 2. The fourth-order valence-electron chi connectivity index (χ4n) is 3.22. The normalized spacial score (nSPS) is 17.6. The van der Waals surface area contributed by atoms with E-state index in [2.05, 4.69) is 27.5 Å². The van der Waals surface area contributed by atoms with Crippen molar-refractivity contribution < 1.29 is 23.8 Å². The summed E-state index contributed by atoms with van der Waals surface area (Å²) in [5.74, 6) is 3.98. The predicted molar refractivity (Wildman–Crippen MR) is 113 cm³/mol. The van der Waals surface area contributed by atoms with Crippen LogP contribution >= 0.6 is 0 Å². The van der Waals surface area contributed by atoms with Crippen molar-refractivity contribution in [3.05, 3.63) is 47.4 Å². The van der Waals surface area contributed by atoms with E-state index in [1.807, 2.05) is 0 Å². The van der Waals surface area contributed by atoms with Gasteiger partial charge in [0.25, 0.3) is 5.91 Å². The van der Waals surface area contributed by atoms with Gasteiger partial charge in [-0.25, -0.2) is 9.37 Å². The lowest BCUT2D eigenvalue weighted by Crippen LogP contribution is -2.33. The Morgan fingerprint density at radius 3 is 2.90 bits per heavy atom. The van der Waals surface area contributed by atoms with Crippen molar-refractivity contribution in [3.8, 4) is 23.1 Å². The van der Waals surface area contributed by atoms with Gasteiger partial charge in [-0.1, -0.05) is 24.0 Å². The number of ether oxygens (including phenoxy) is 1. The number of primary amides is 1. The van der Waals surface area contributed by atoms with E-state index in [-0.39, 0.29) is 29.6 Å². The first-order chi connectivity index (χ1) is 14.9. The van der Waals surface area contributed by atoms with Crippen LogP contribution in [0.15, 0.2) is 30.3 Å². The summed E-state index contributed by atoms with van der Waals surface area (Å²) in [7, 11) is 1.52. The first-order valence-corrected chi connectivity index (χ1v) is 9.66. The van der Waals surface area contributed by atoms with Crippen LogP contribution < -0.4 is 16.4 Å². The van der Waals surface area contributed by atoms with Gasteiger partial charge in [0.1, 0.15) is 11.1 Å². The lowest BCUT2D eigenvalue weighted by Gasteiger charge is -2.15. The zero-order chi connectivity index (χ0) is 22.4. The van der Waals surface area contributed by atoms with Crippen LogP contribution in [0, 0.1) is 23.1 Å². The van der Waals surface area contributed by atoms with Crippen molar-refractivity contribution in [2.45, 2.75) is 6.42 Å². The Morgan fingerprint density at radius 1 is 1.45 bits per heavy atom. The summed E-state index contributed by atoms with van der Waals surface area (Å²) in [5, 5.41) is 15.2. The minimum atomic E-state index is -1.14. The molecular weight excluding hydrogens is 403 g/mol. The molecule has 9 heteroatoms. The Labute approximate surface area is 179 Å². The van der Waals surface area contributed by atoms with E-state index >= 15 is 0 Å². The van der Waals surface area contributed by atoms with Gasteiger partial charge < -0.3 is 26.2 Å². The van der Waals surface area contributed by atoms with Crippen molar-refractivity contribution in [1.82, 2.24) is 10.3 Å². The molecule has 1 saturated heterocycles. The quantitative estimate of drug-likeness (QED) is 0.385. The summed E-state index contributed by atoms with van der Waals surface area (Å²) >= 11 is 0. The maximum absolute atomic E-state index is 14.8. The Kier molecular flexibility index (Phi) is 6.84. The number of aromatic nitrogens is 1. The third kappa shape index (κ3) is 4.82. The second kappa shape index (κ2) is 9.55. The molecule has 1 aliphatic heterocycles. The molecule has 0 saturated carbocycles. The average Bonchev–Trinajstić information content (AvgIpc) is 3.13. The number of benzene rings is 1. The van der Waals surface area contributed by atoms with Crippen molar-refractivity contribution in [2.24, 2.45) is 11.1 Å². The molecule has 1 aliphatic rings. The van der Waals surface area contributed by atoms with Crippen LogP contribution in [-0.2, 0) is 9.53 Å². The van der Waals surface area contributed by atoms with Crippen LogP contribution in [0.1, 0.15) is 22.5 Å². The zero-order valence-electron chi connectivity index (χ0n) is 17.0. The number of methoxy groups -OCH3 is 1. The molecule has 1 unspecified atom stereocenters. The average molecular weight is 426 g/mol. The molecule has 0 radical (unpaired) electrons. The predicted octanol–water partition coefficient (Wildman–Crippen LogP) is 0.895. The number of rotatable bonds is 7. The van der Waals surface area contributed by atoms with Crippen molar-refractivity contribution in [1.29, 1.82) is 0 Å². The number of aliphatic hydroxyl groups is 1. The summed E-state index contributed by atoms with van der Waals surface area (Å²) < 4.78 is 19.7. The fraction of sp³-hybridized carbons (Fsp3) is 0.318. The molecule has 1 aromatic heterocycles. The number of anilines is 1. The van der Waals surface area contributed by atoms with Crippen molar-refractivity contribution in [2.75, 3.05) is 38.7 Å². The summed E-state index contributed by atoms with van der Waals surface area (Å²) in [5.41, 5.74) is 5.22. The van der Waals surface area contributed by atoms with Gasteiger partial charge in [-0.15, -0.1) is 0 Å². The SMILES string of the molecule is COCCNc1cc(F)c(-c2cccc(C#CC3(CO)CCNC3=O)c2)nc1C(N)=O.